The van der Waals surface area contributed by atoms with E-state index in [-0.39, 0.29) is 17.7 Å². The van der Waals surface area contributed by atoms with E-state index in [1.165, 1.54) is 11.8 Å². The Labute approximate surface area is 184 Å². The molecule has 7 nitrogen and oxygen atoms in total. The van der Waals surface area contributed by atoms with Crippen LogP contribution in [0.4, 0.5) is 0 Å². The van der Waals surface area contributed by atoms with Crippen LogP contribution in [0.2, 0.25) is 0 Å². The number of hydrogen-bond acceptors (Lipinski definition) is 5. The number of amides is 2. The number of benzene rings is 1. The first-order valence-electron chi connectivity index (χ1n) is 11.2. The van der Waals surface area contributed by atoms with Crippen LogP contribution in [0.3, 0.4) is 0 Å². The SMILES string of the molecule is CN1CCN(Cc2cccc(CNC(=O)C3CCN(C(=O)c4ccco4)CC3)c2)CC1. The Bertz CT molecular complexity index is 867. The van der Waals surface area contributed by atoms with E-state index < -0.39 is 0 Å². The fraction of sp³-hybridized carbons (Fsp3) is 0.500. The van der Waals surface area contributed by atoms with Crippen molar-refractivity contribution in [2.75, 3.05) is 46.3 Å². The zero-order valence-electron chi connectivity index (χ0n) is 18.3. The minimum atomic E-state index is -0.0963. The zero-order valence-corrected chi connectivity index (χ0v) is 18.3. The molecule has 2 saturated heterocycles. The summed E-state index contributed by atoms with van der Waals surface area (Å²) in [7, 11) is 2.17. The van der Waals surface area contributed by atoms with Crippen molar-refractivity contribution in [2.45, 2.75) is 25.9 Å². The van der Waals surface area contributed by atoms with Crippen molar-refractivity contribution in [1.29, 1.82) is 0 Å². The molecule has 1 aromatic carbocycles. The molecule has 4 rings (SSSR count). The summed E-state index contributed by atoms with van der Waals surface area (Å²) in [5, 5.41) is 3.10. The number of rotatable bonds is 6. The van der Waals surface area contributed by atoms with Gasteiger partial charge in [0.1, 0.15) is 0 Å². The molecule has 7 heteroatoms. The number of hydrogen-bond donors (Lipinski definition) is 1. The Hall–Kier alpha value is -2.64. The van der Waals surface area contributed by atoms with Gasteiger partial charge in [-0.15, -0.1) is 0 Å². The van der Waals surface area contributed by atoms with Gasteiger partial charge in [0, 0.05) is 58.3 Å². The lowest BCUT2D eigenvalue weighted by molar-refractivity contribution is -0.126. The Morgan fingerprint density at radius 3 is 2.45 bits per heavy atom. The van der Waals surface area contributed by atoms with E-state index in [4.69, 9.17) is 4.42 Å². The summed E-state index contributed by atoms with van der Waals surface area (Å²) < 4.78 is 5.20. The highest BCUT2D eigenvalue weighted by Crippen LogP contribution is 2.20. The van der Waals surface area contributed by atoms with Crippen molar-refractivity contribution in [3.8, 4) is 0 Å². The van der Waals surface area contributed by atoms with E-state index in [9.17, 15) is 9.59 Å². The molecular formula is C24H32N4O3. The fourth-order valence-electron chi connectivity index (χ4n) is 4.34. The van der Waals surface area contributed by atoms with Crippen molar-refractivity contribution in [1.82, 2.24) is 20.0 Å². The monoisotopic (exact) mass is 424 g/mol. The summed E-state index contributed by atoms with van der Waals surface area (Å²) >= 11 is 0. The summed E-state index contributed by atoms with van der Waals surface area (Å²) in [5.41, 5.74) is 2.42. The van der Waals surface area contributed by atoms with Crippen LogP contribution in [0.5, 0.6) is 0 Å². The third-order valence-corrected chi connectivity index (χ3v) is 6.35. The van der Waals surface area contributed by atoms with Gasteiger partial charge in [-0.05, 0) is 43.1 Å². The third-order valence-electron chi connectivity index (χ3n) is 6.35. The number of nitrogens with zero attached hydrogens (tertiary/aromatic N) is 3. The van der Waals surface area contributed by atoms with Crippen LogP contribution in [-0.2, 0) is 17.9 Å². The van der Waals surface area contributed by atoms with Crippen molar-refractivity contribution in [3.05, 3.63) is 59.5 Å². The molecule has 0 unspecified atom stereocenters. The number of furan rings is 1. The smallest absolute Gasteiger partial charge is 0.289 e. The molecule has 2 aromatic rings. The second kappa shape index (κ2) is 10.1. The van der Waals surface area contributed by atoms with Gasteiger partial charge < -0.3 is 19.5 Å². The van der Waals surface area contributed by atoms with Crippen molar-refractivity contribution in [3.63, 3.8) is 0 Å². The number of likely N-dealkylation sites (N-methyl/N-ethyl adjacent to an activating group) is 1. The Balaban J connectivity index is 1.22. The minimum Gasteiger partial charge on any atom is -0.459 e. The first-order chi connectivity index (χ1) is 15.1. The highest BCUT2D eigenvalue weighted by molar-refractivity contribution is 5.91. The molecule has 0 spiro atoms. The van der Waals surface area contributed by atoms with E-state index in [1.807, 2.05) is 0 Å². The van der Waals surface area contributed by atoms with Gasteiger partial charge in [0.25, 0.3) is 5.91 Å². The normalized spacial score (nSPS) is 18.8. The van der Waals surface area contributed by atoms with E-state index in [0.717, 1.165) is 38.3 Å². The van der Waals surface area contributed by atoms with E-state index >= 15 is 0 Å². The average molecular weight is 425 g/mol. The minimum absolute atomic E-state index is 0.0471. The van der Waals surface area contributed by atoms with Gasteiger partial charge in [-0.1, -0.05) is 24.3 Å². The standard InChI is InChI=1S/C24H32N4O3/c1-26-11-13-27(14-12-26)18-20-5-2-4-19(16-20)17-25-23(29)21-7-9-28(10-8-21)24(30)22-6-3-15-31-22/h2-6,15-16,21H,7-14,17-18H2,1H3,(H,25,29). The molecule has 0 atom stereocenters. The Kier molecular flexibility index (Phi) is 7.04. The Morgan fingerprint density at radius 2 is 1.74 bits per heavy atom. The van der Waals surface area contributed by atoms with Crippen LogP contribution in [0, 0.1) is 5.92 Å². The molecule has 0 aliphatic carbocycles. The highest BCUT2D eigenvalue weighted by Gasteiger charge is 2.28. The van der Waals surface area contributed by atoms with Crippen LogP contribution < -0.4 is 5.32 Å². The molecule has 0 saturated carbocycles. The number of piperazine rings is 1. The topological polar surface area (TPSA) is 69.0 Å². The number of carbonyl (C=O) groups is 2. The largest absolute Gasteiger partial charge is 0.459 e. The van der Waals surface area contributed by atoms with Crippen LogP contribution in [-0.4, -0.2) is 72.8 Å². The second-order valence-electron chi connectivity index (χ2n) is 8.66. The van der Waals surface area contributed by atoms with Gasteiger partial charge in [-0.2, -0.15) is 0 Å². The van der Waals surface area contributed by atoms with E-state index in [2.05, 4.69) is 46.4 Å². The molecule has 2 amide bonds. The van der Waals surface area contributed by atoms with Crippen molar-refractivity contribution >= 4 is 11.8 Å². The first-order valence-corrected chi connectivity index (χ1v) is 11.2. The average Bonchev–Trinajstić information content (AvgIpc) is 3.34. The van der Waals surface area contributed by atoms with Crippen molar-refractivity contribution < 1.29 is 14.0 Å². The number of piperidine rings is 1. The lowest BCUT2D eigenvalue weighted by Crippen LogP contribution is -2.43. The second-order valence-corrected chi connectivity index (χ2v) is 8.66. The van der Waals surface area contributed by atoms with Gasteiger partial charge >= 0.3 is 0 Å². The van der Waals surface area contributed by atoms with Gasteiger partial charge in [0.05, 0.1) is 6.26 Å². The molecule has 0 radical (unpaired) electrons. The highest BCUT2D eigenvalue weighted by atomic mass is 16.3. The summed E-state index contributed by atoms with van der Waals surface area (Å²) in [6.45, 7) is 7.08. The van der Waals surface area contributed by atoms with Crippen LogP contribution >= 0.6 is 0 Å². The van der Waals surface area contributed by atoms with E-state index in [0.29, 0.717) is 38.2 Å². The molecule has 2 aliphatic rings. The predicted molar refractivity (Wildman–Crippen MR) is 118 cm³/mol. The maximum atomic E-state index is 12.7. The molecule has 2 fully saturated rings. The number of likely N-dealkylation sites (tertiary alicyclic amines) is 1. The molecule has 166 valence electrons. The third kappa shape index (κ3) is 5.74. The molecule has 3 heterocycles. The maximum absolute atomic E-state index is 12.7. The summed E-state index contributed by atoms with van der Waals surface area (Å²) in [4.78, 5) is 31.6. The molecule has 31 heavy (non-hydrogen) atoms. The number of nitrogens with one attached hydrogen (secondary N) is 1. The fourth-order valence-corrected chi connectivity index (χ4v) is 4.34. The summed E-state index contributed by atoms with van der Waals surface area (Å²) in [6, 6.07) is 11.9. The van der Waals surface area contributed by atoms with Crippen LogP contribution in [0.25, 0.3) is 0 Å². The predicted octanol–water partition coefficient (Wildman–Crippen LogP) is 2.20. The molecule has 1 aromatic heterocycles. The van der Waals surface area contributed by atoms with E-state index in [1.54, 1.807) is 17.0 Å². The Morgan fingerprint density at radius 1 is 1.00 bits per heavy atom. The van der Waals surface area contributed by atoms with Gasteiger partial charge in [-0.3, -0.25) is 14.5 Å². The summed E-state index contributed by atoms with van der Waals surface area (Å²) in [6.07, 6.45) is 2.87. The van der Waals surface area contributed by atoms with Crippen molar-refractivity contribution in [2.24, 2.45) is 5.92 Å². The summed E-state index contributed by atoms with van der Waals surface area (Å²) in [5.74, 6) is 0.295. The lowest BCUT2D eigenvalue weighted by Gasteiger charge is -2.32. The van der Waals surface area contributed by atoms with Gasteiger partial charge in [0.15, 0.2) is 5.76 Å². The van der Waals surface area contributed by atoms with Gasteiger partial charge in [-0.25, -0.2) is 0 Å². The first kappa shape index (κ1) is 21.6. The molecular weight excluding hydrogens is 392 g/mol. The molecule has 1 N–H and O–H groups in total. The molecule has 2 aliphatic heterocycles. The lowest BCUT2D eigenvalue weighted by atomic mass is 9.95. The zero-order chi connectivity index (χ0) is 21.6. The van der Waals surface area contributed by atoms with Crippen LogP contribution in [0.1, 0.15) is 34.5 Å². The van der Waals surface area contributed by atoms with Crippen LogP contribution in [0.15, 0.2) is 47.1 Å². The van der Waals surface area contributed by atoms with Gasteiger partial charge in [0.2, 0.25) is 5.91 Å². The molecule has 0 bridgehead atoms. The maximum Gasteiger partial charge on any atom is 0.289 e. The number of carbonyl (C=O) groups excluding carboxylic acids is 2. The quantitative estimate of drug-likeness (QED) is 0.770.